The van der Waals surface area contributed by atoms with Crippen molar-refractivity contribution in [3.8, 4) is 0 Å². The minimum Gasteiger partial charge on any atom is -0.344 e. The van der Waals surface area contributed by atoms with Crippen molar-refractivity contribution >= 4 is 33.4 Å². The van der Waals surface area contributed by atoms with Crippen molar-refractivity contribution in [3.63, 3.8) is 0 Å². The van der Waals surface area contributed by atoms with E-state index in [4.69, 9.17) is 0 Å². The fourth-order valence-electron chi connectivity index (χ4n) is 1.85. The number of carbonyl (C=O) groups is 2. The van der Waals surface area contributed by atoms with Gasteiger partial charge in [0.15, 0.2) is 0 Å². The van der Waals surface area contributed by atoms with Crippen LogP contribution in [0, 0.1) is 12.7 Å². The van der Waals surface area contributed by atoms with Crippen molar-refractivity contribution < 1.29 is 14.0 Å². The van der Waals surface area contributed by atoms with Gasteiger partial charge in [0.25, 0.3) is 0 Å². The van der Waals surface area contributed by atoms with Gasteiger partial charge in [0.1, 0.15) is 5.82 Å². The largest absolute Gasteiger partial charge is 0.344 e. The summed E-state index contributed by atoms with van der Waals surface area (Å²) in [5.41, 5.74) is 1.91. The van der Waals surface area contributed by atoms with Gasteiger partial charge in [-0.3, -0.25) is 9.59 Å². The van der Waals surface area contributed by atoms with Crippen molar-refractivity contribution in [1.29, 1.82) is 0 Å². The summed E-state index contributed by atoms with van der Waals surface area (Å²) in [7, 11) is 0. The van der Waals surface area contributed by atoms with Gasteiger partial charge in [0, 0.05) is 11.0 Å². The van der Waals surface area contributed by atoms with Crippen molar-refractivity contribution in [2.75, 3.05) is 5.32 Å². The summed E-state index contributed by atoms with van der Waals surface area (Å²) in [5, 5.41) is 4.73. The lowest BCUT2D eigenvalue weighted by molar-refractivity contribution is -0.136. The predicted molar refractivity (Wildman–Crippen MR) is 85.8 cm³/mol. The number of amides is 2. The van der Waals surface area contributed by atoms with Gasteiger partial charge in [-0.05, 0) is 30.7 Å². The molecule has 0 aliphatic heterocycles. The fourth-order valence-corrected chi connectivity index (χ4v) is 2.19. The molecule has 6 heteroatoms. The maximum Gasteiger partial charge on any atom is 0.313 e. The Morgan fingerprint density at radius 1 is 1.14 bits per heavy atom. The van der Waals surface area contributed by atoms with Crippen LogP contribution >= 0.6 is 15.9 Å². The lowest BCUT2D eigenvalue weighted by Crippen LogP contribution is -2.35. The second-order valence-corrected chi connectivity index (χ2v) is 5.67. The molecule has 0 saturated carbocycles. The third kappa shape index (κ3) is 4.39. The highest BCUT2D eigenvalue weighted by Gasteiger charge is 2.15. The molecular formula is C16H14BrFN2O2. The van der Waals surface area contributed by atoms with E-state index in [1.165, 1.54) is 12.1 Å². The number of aryl methyl sites for hydroxylation is 1. The molecule has 0 saturated heterocycles. The van der Waals surface area contributed by atoms with Crippen molar-refractivity contribution in [1.82, 2.24) is 5.32 Å². The van der Waals surface area contributed by atoms with Gasteiger partial charge >= 0.3 is 11.8 Å². The van der Waals surface area contributed by atoms with Crippen molar-refractivity contribution in [2.45, 2.75) is 13.5 Å². The molecule has 0 unspecified atom stereocenters. The van der Waals surface area contributed by atoms with Crippen LogP contribution in [0.2, 0.25) is 0 Å². The van der Waals surface area contributed by atoms with Crippen LogP contribution in [0.3, 0.4) is 0 Å². The van der Waals surface area contributed by atoms with E-state index in [-0.39, 0.29) is 12.2 Å². The molecule has 0 aliphatic carbocycles. The number of rotatable bonds is 3. The van der Waals surface area contributed by atoms with E-state index in [2.05, 4.69) is 26.6 Å². The van der Waals surface area contributed by atoms with Crippen molar-refractivity contribution in [3.05, 3.63) is 63.9 Å². The van der Waals surface area contributed by atoms with Crippen LogP contribution in [0.1, 0.15) is 11.1 Å². The van der Waals surface area contributed by atoms with Crippen LogP contribution in [0.5, 0.6) is 0 Å². The molecule has 0 bridgehead atoms. The Kier molecular flexibility index (Phi) is 5.27. The second kappa shape index (κ2) is 7.17. The molecular weight excluding hydrogens is 351 g/mol. The molecule has 0 aromatic heterocycles. The highest BCUT2D eigenvalue weighted by molar-refractivity contribution is 9.10. The first-order valence-electron chi connectivity index (χ1n) is 6.55. The molecule has 4 nitrogen and oxygen atoms in total. The van der Waals surface area contributed by atoms with Gasteiger partial charge in [0.2, 0.25) is 0 Å². The topological polar surface area (TPSA) is 58.2 Å². The Balaban J connectivity index is 1.93. The lowest BCUT2D eigenvalue weighted by atomic mass is 10.1. The maximum absolute atomic E-state index is 13.6. The second-order valence-electron chi connectivity index (χ2n) is 4.75. The first kappa shape index (κ1) is 16.2. The van der Waals surface area contributed by atoms with Crippen LogP contribution in [-0.2, 0) is 16.1 Å². The third-order valence-corrected chi connectivity index (χ3v) is 3.41. The van der Waals surface area contributed by atoms with Gasteiger partial charge < -0.3 is 10.6 Å². The molecule has 2 aromatic carbocycles. The Morgan fingerprint density at radius 2 is 1.91 bits per heavy atom. The zero-order valence-electron chi connectivity index (χ0n) is 11.8. The smallest absolute Gasteiger partial charge is 0.313 e. The molecule has 2 rings (SSSR count). The van der Waals surface area contributed by atoms with E-state index in [0.29, 0.717) is 4.47 Å². The van der Waals surface area contributed by atoms with E-state index in [9.17, 15) is 14.0 Å². The molecule has 0 aliphatic rings. The fraction of sp³-hybridized carbons (Fsp3) is 0.125. The molecule has 0 atom stereocenters. The number of anilines is 1. The Hall–Kier alpha value is -2.21. The van der Waals surface area contributed by atoms with E-state index in [0.717, 1.165) is 11.1 Å². The summed E-state index contributed by atoms with van der Waals surface area (Å²) in [6.07, 6.45) is 0. The van der Waals surface area contributed by atoms with E-state index in [1.807, 2.05) is 31.2 Å². The monoisotopic (exact) mass is 364 g/mol. The number of benzene rings is 2. The zero-order chi connectivity index (χ0) is 16.1. The molecule has 2 N–H and O–H groups in total. The minimum absolute atomic E-state index is 0.0427. The maximum atomic E-state index is 13.6. The Bertz CT molecular complexity index is 719. The van der Waals surface area contributed by atoms with Gasteiger partial charge in [-0.25, -0.2) is 4.39 Å². The molecule has 2 aromatic rings. The van der Waals surface area contributed by atoms with Gasteiger partial charge in [-0.15, -0.1) is 0 Å². The molecule has 0 fully saturated rings. The quantitative estimate of drug-likeness (QED) is 0.821. The Labute approximate surface area is 135 Å². The van der Waals surface area contributed by atoms with Crippen LogP contribution in [-0.4, -0.2) is 11.8 Å². The van der Waals surface area contributed by atoms with Gasteiger partial charge in [-0.1, -0.05) is 45.8 Å². The highest BCUT2D eigenvalue weighted by atomic mass is 79.9. The third-order valence-electron chi connectivity index (χ3n) is 2.92. The summed E-state index contributed by atoms with van der Waals surface area (Å²) < 4.78 is 14.1. The molecule has 114 valence electrons. The molecule has 0 heterocycles. The molecule has 0 spiro atoms. The summed E-state index contributed by atoms with van der Waals surface area (Å²) in [4.78, 5) is 23.5. The molecule has 22 heavy (non-hydrogen) atoms. The number of nitrogens with one attached hydrogen (secondary N) is 2. The summed E-state index contributed by atoms with van der Waals surface area (Å²) in [6.45, 7) is 2.17. The standard InChI is InChI=1S/C16H14BrFN2O2/c1-10-3-2-4-11(7-10)9-19-15(21)16(22)20-14-6-5-12(17)8-13(14)18/h2-8H,9H2,1H3,(H,19,21)(H,20,22). The van der Waals surface area contributed by atoms with Gasteiger partial charge in [0.05, 0.1) is 5.69 Å². The number of hydrogen-bond acceptors (Lipinski definition) is 2. The van der Waals surface area contributed by atoms with E-state index >= 15 is 0 Å². The first-order chi connectivity index (χ1) is 10.5. The summed E-state index contributed by atoms with van der Waals surface area (Å²) >= 11 is 3.12. The van der Waals surface area contributed by atoms with Crippen LogP contribution in [0.25, 0.3) is 0 Å². The minimum atomic E-state index is -0.908. The highest BCUT2D eigenvalue weighted by Crippen LogP contribution is 2.19. The zero-order valence-corrected chi connectivity index (χ0v) is 13.4. The average Bonchev–Trinajstić information content (AvgIpc) is 2.47. The lowest BCUT2D eigenvalue weighted by Gasteiger charge is -2.08. The number of carbonyl (C=O) groups excluding carboxylic acids is 2. The summed E-state index contributed by atoms with van der Waals surface area (Å²) in [6, 6.07) is 11.7. The van der Waals surface area contributed by atoms with Crippen LogP contribution < -0.4 is 10.6 Å². The average molecular weight is 365 g/mol. The molecule has 0 radical (unpaired) electrons. The van der Waals surface area contributed by atoms with Crippen LogP contribution in [0.15, 0.2) is 46.9 Å². The first-order valence-corrected chi connectivity index (χ1v) is 7.35. The Morgan fingerprint density at radius 3 is 2.59 bits per heavy atom. The molecule has 2 amide bonds. The van der Waals surface area contributed by atoms with Crippen LogP contribution in [0.4, 0.5) is 10.1 Å². The SMILES string of the molecule is Cc1cccc(CNC(=O)C(=O)Nc2ccc(Br)cc2F)c1. The van der Waals surface area contributed by atoms with E-state index in [1.54, 1.807) is 6.07 Å². The van der Waals surface area contributed by atoms with E-state index < -0.39 is 17.6 Å². The predicted octanol–water partition coefficient (Wildman–Crippen LogP) is 3.15. The normalized spacial score (nSPS) is 10.1. The van der Waals surface area contributed by atoms with Crippen molar-refractivity contribution in [2.24, 2.45) is 0 Å². The summed E-state index contributed by atoms with van der Waals surface area (Å²) in [5.74, 6) is -2.34. The van der Waals surface area contributed by atoms with Gasteiger partial charge in [-0.2, -0.15) is 0 Å². The number of hydrogen-bond donors (Lipinski definition) is 2. The number of halogens is 2.